The van der Waals surface area contributed by atoms with Crippen LogP contribution in [0.15, 0.2) is 30.4 Å². The number of nitrogens with zero attached hydrogens (tertiary/aromatic N) is 1. The molecule has 19 heavy (non-hydrogen) atoms. The average Bonchev–Trinajstić information content (AvgIpc) is 2.96. The predicted octanol–water partition coefficient (Wildman–Crippen LogP) is 3.90. The molecule has 0 saturated carbocycles. The minimum absolute atomic E-state index is 0.0946. The largest absolute Gasteiger partial charge is 0.326 e. The Balaban J connectivity index is 1.69. The number of benzene rings is 1. The van der Waals surface area contributed by atoms with Crippen molar-refractivity contribution in [3.63, 3.8) is 0 Å². The number of hydrogen-bond acceptors (Lipinski definition) is 3. The molecule has 0 radical (unpaired) electrons. The molecular formula is C15H16N2OS. The molecule has 3 nitrogen and oxygen atoms in total. The number of aromatic nitrogens is 1. The van der Waals surface area contributed by atoms with Crippen LogP contribution in [0.25, 0.3) is 10.2 Å². The van der Waals surface area contributed by atoms with Crippen LogP contribution in [0.2, 0.25) is 0 Å². The van der Waals surface area contributed by atoms with E-state index >= 15 is 0 Å². The Morgan fingerprint density at radius 1 is 1.53 bits per heavy atom. The van der Waals surface area contributed by atoms with Gasteiger partial charge in [0.1, 0.15) is 0 Å². The maximum Gasteiger partial charge on any atom is 0.224 e. The van der Waals surface area contributed by atoms with Gasteiger partial charge in [0.15, 0.2) is 0 Å². The summed E-state index contributed by atoms with van der Waals surface area (Å²) in [6.45, 7) is 2.00. The molecule has 0 fully saturated rings. The van der Waals surface area contributed by atoms with E-state index in [0.29, 0.717) is 12.3 Å². The molecule has 1 amide bonds. The Labute approximate surface area is 116 Å². The minimum Gasteiger partial charge on any atom is -0.326 e. The number of hydrogen-bond donors (Lipinski definition) is 1. The van der Waals surface area contributed by atoms with E-state index in [-0.39, 0.29) is 5.91 Å². The highest BCUT2D eigenvalue weighted by atomic mass is 32.1. The van der Waals surface area contributed by atoms with Gasteiger partial charge in [0.25, 0.3) is 0 Å². The summed E-state index contributed by atoms with van der Waals surface area (Å²) >= 11 is 1.65. The van der Waals surface area contributed by atoms with Gasteiger partial charge in [0.05, 0.1) is 15.2 Å². The van der Waals surface area contributed by atoms with Crippen LogP contribution in [-0.4, -0.2) is 10.9 Å². The maximum absolute atomic E-state index is 12.0. The summed E-state index contributed by atoms with van der Waals surface area (Å²) in [7, 11) is 0. The molecule has 0 saturated heterocycles. The van der Waals surface area contributed by atoms with Crippen LogP contribution in [0.4, 0.5) is 5.69 Å². The number of aryl methyl sites for hydroxylation is 1. The van der Waals surface area contributed by atoms with E-state index in [0.717, 1.165) is 33.8 Å². The van der Waals surface area contributed by atoms with E-state index in [9.17, 15) is 4.79 Å². The molecular weight excluding hydrogens is 256 g/mol. The Morgan fingerprint density at radius 2 is 2.42 bits per heavy atom. The highest BCUT2D eigenvalue weighted by Crippen LogP contribution is 2.25. The molecule has 0 spiro atoms. The minimum atomic E-state index is 0.0946. The van der Waals surface area contributed by atoms with Gasteiger partial charge in [-0.15, -0.1) is 11.3 Å². The fourth-order valence-corrected chi connectivity index (χ4v) is 3.30. The summed E-state index contributed by atoms with van der Waals surface area (Å²) in [5, 5.41) is 4.03. The first-order valence-corrected chi connectivity index (χ1v) is 7.36. The molecule has 0 unspecified atom stereocenters. The van der Waals surface area contributed by atoms with Gasteiger partial charge in [-0.3, -0.25) is 4.79 Å². The average molecular weight is 272 g/mol. The lowest BCUT2D eigenvalue weighted by Gasteiger charge is -2.08. The second kappa shape index (κ2) is 5.13. The first kappa shape index (κ1) is 12.4. The number of allylic oxidation sites excluding steroid dienone is 2. The van der Waals surface area contributed by atoms with E-state index in [2.05, 4.69) is 22.5 Å². The molecule has 1 heterocycles. The number of fused-ring (bicyclic) bond motifs is 1. The van der Waals surface area contributed by atoms with E-state index in [1.165, 1.54) is 0 Å². The number of amides is 1. The number of carbonyl (C=O) groups excluding carboxylic acids is 1. The Hall–Kier alpha value is -1.68. The van der Waals surface area contributed by atoms with Crippen molar-refractivity contribution in [1.29, 1.82) is 0 Å². The van der Waals surface area contributed by atoms with Crippen molar-refractivity contribution in [2.75, 3.05) is 5.32 Å². The molecule has 1 aliphatic rings. The molecule has 0 aliphatic heterocycles. The van der Waals surface area contributed by atoms with Crippen LogP contribution in [0.1, 0.15) is 24.3 Å². The molecule has 1 aromatic heterocycles. The summed E-state index contributed by atoms with van der Waals surface area (Å²) < 4.78 is 1.12. The quantitative estimate of drug-likeness (QED) is 0.861. The van der Waals surface area contributed by atoms with Gasteiger partial charge in [0, 0.05) is 12.1 Å². The lowest BCUT2D eigenvalue weighted by atomic mass is 10.1. The Kier molecular flexibility index (Phi) is 3.34. The van der Waals surface area contributed by atoms with Gasteiger partial charge in [-0.05, 0) is 43.9 Å². The molecule has 1 N–H and O–H groups in total. The van der Waals surface area contributed by atoms with Gasteiger partial charge < -0.3 is 5.32 Å². The van der Waals surface area contributed by atoms with Gasteiger partial charge in [-0.25, -0.2) is 4.98 Å². The number of nitrogens with one attached hydrogen (secondary N) is 1. The predicted molar refractivity (Wildman–Crippen MR) is 79.5 cm³/mol. The molecule has 0 bridgehead atoms. The third-order valence-electron chi connectivity index (χ3n) is 3.34. The summed E-state index contributed by atoms with van der Waals surface area (Å²) in [4.78, 5) is 16.4. The van der Waals surface area contributed by atoms with Crippen molar-refractivity contribution in [2.45, 2.75) is 26.2 Å². The fourth-order valence-electron chi connectivity index (χ4n) is 2.43. The van der Waals surface area contributed by atoms with Crippen LogP contribution >= 0.6 is 11.3 Å². The third kappa shape index (κ3) is 2.84. The zero-order valence-electron chi connectivity index (χ0n) is 10.8. The summed E-state index contributed by atoms with van der Waals surface area (Å²) in [5.41, 5.74) is 1.86. The zero-order chi connectivity index (χ0) is 13.2. The number of carbonyl (C=O) groups is 1. The van der Waals surface area contributed by atoms with Gasteiger partial charge >= 0.3 is 0 Å². The topological polar surface area (TPSA) is 42.0 Å². The van der Waals surface area contributed by atoms with Gasteiger partial charge in [0.2, 0.25) is 5.91 Å². The van der Waals surface area contributed by atoms with Crippen molar-refractivity contribution in [1.82, 2.24) is 4.98 Å². The highest BCUT2D eigenvalue weighted by Gasteiger charge is 2.14. The molecule has 3 rings (SSSR count). The van der Waals surface area contributed by atoms with E-state index in [4.69, 9.17) is 0 Å². The molecule has 2 aromatic rings. The van der Waals surface area contributed by atoms with Crippen LogP contribution in [0, 0.1) is 12.8 Å². The van der Waals surface area contributed by atoms with Crippen LogP contribution in [0.3, 0.4) is 0 Å². The van der Waals surface area contributed by atoms with Gasteiger partial charge in [-0.1, -0.05) is 12.2 Å². The number of anilines is 1. The lowest BCUT2D eigenvalue weighted by Crippen LogP contribution is -2.14. The molecule has 1 atom stereocenters. The third-order valence-corrected chi connectivity index (χ3v) is 4.27. The Bertz CT molecular complexity index is 645. The normalized spacial score (nSPS) is 18.1. The highest BCUT2D eigenvalue weighted by molar-refractivity contribution is 7.18. The van der Waals surface area contributed by atoms with E-state index in [1.54, 1.807) is 11.3 Å². The summed E-state index contributed by atoms with van der Waals surface area (Å²) in [6, 6.07) is 5.89. The molecule has 4 heteroatoms. The maximum atomic E-state index is 12.0. The zero-order valence-corrected chi connectivity index (χ0v) is 11.7. The lowest BCUT2D eigenvalue weighted by molar-refractivity contribution is -0.116. The van der Waals surface area contributed by atoms with Crippen LogP contribution < -0.4 is 5.32 Å². The summed E-state index contributed by atoms with van der Waals surface area (Å²) in [6.07, 6.45) is 7.08. The van der Waals surface area contributed by atoms with Crippen LogP contribution in [0.5, 0.6) is 0 Å². The van der Waals surface area contributed by atoms with Crippen molar-refractivity contribution >= 4 is 33.1 Å². The number of thiazole rings is 1. The van der Waals surface area contributed by atoms with Crippen molar-refractivity contribution < 1.29 is 4.79 Å². The Morgan fingerprint density at radius 3 is 3.21 bits per heavy atom. The molecule has 98 valence electrons. The van der Waals surface area contributed by atoms with Crippen molar-refractivity contribution in [3.8, 4) is 0 Å². The van der Waals surface area contributed by atoms with Crippen molar-refractivity contribution in [3.05, 3.63) is 35.4 Å². The second-order valence-corrected chi connectivity index (χ2v) is 6.17. The number of rotatable bonds is 3. The first-order valence-electron chi connectivity index (χ1n) is 6.54. The van der Waals surface area contributed by atoms with E-state index < -0.39 is 0 Å². The van der Waals surface area contributed by atoms with Crippen LogP contribution in [-0.2, 0) is 4.79 Å². The first-order chi connectivity index (χ1) is 9.20. The van der Waals surface area contributed by atoms with Crippen molar-refractivity contribution in [2.24, 2.45) is 5.92 Å². The second-order valence-electron chi connectivity index (χ2n) is 4.93. The van der Waals surface area contributed by atoms with E-state index in [1.807, 2.05) is 25.1 Å². The SMILES string of the molecule is Cc1nc2ccc(NC(=O)C[C@H]3C=CCC3)cc2s1. The smallest absolute Gasteiger partial charge is 0.224 e. The monoisotopic (exact) mass is 272 g/mol. The summed E-state index contributed by atoms with van der Waals surface area (Å²) in [5.74, 6) is 0.506. The van der Waals surface area contributed by atoms with Gasteiger partial charge in [-0.2, -0.15) is 0 Å². The molecule has 1 aromatic carbocycles. The standard InChI is InChI=1S/C15H16N2OS/c1-10-16-13-7-6-12(9-14(13)19-10)17-15(18)8-11-4-2-3-5-11/h2,4,6-7,9,11H,3,5,8H2,1H3,(H,17,18)/t11-/m0/s1. The molecule has 1 aliphatic carbocycles. The fraction of sp³-hybridized carbons (Fsp3) is 0.333.